The number of hydrogen-bond donors (Lipinski definition) is 1. The summed E-state index contributed by atoms with van der Waals surface area (Å²) >= 11 is 0. The number of nitrogens with zero attached hydrogens (tertiary/aromatic N) is 2. The molecular formula is C22H25N3O3. The number of benzene rings is 2. The molecule has 146 valence electrons. The van der Waals surface area contributed by atoms with E-state index in [-0.39, 0.29) is 24.1 Å². The molecule has 2 aromatic rings. The fourth-order valence-electron chi connectivity index (χ4n) is 3.19. The third-order valence-corrected chi connectivity index (χ3v) is 4.78. The van der Waals surface area contributed by atoms with Crippen molar-refractivity contribution in [2.75, 3.05) is 25.5 Å². The second kappa shape index (κ2) is 8.69. The van der Waals surface area contributed by atoms with E-state index in [9.17, 15) is 14.4 Å². The van der Waals surface area contributed by atoms with Crippen LogP contribution in [0.4, 0.5) is 5.69 Å². The highest BCUT2D eigenvalue weighted by atomic mass is 16.2. The number of anilines is 1. The smallest absolute Gasteiger partial charge is 0.253 e. The Morgan fingerprint density at radius 2 is 1.64 bits per heavy atom. The molecule has 1 N–H and O–H groups in total. The van der Waals surface area contributed by atoms with E-state index in [4.69, 9.17) is 0 Å². The highest BCUT2D eigenvalue weighted by molar-refractivity contribution is 5.95. The molecule has 1 aliphatic heterocycles. The van der Waals surface area contributed by atoms with E-state index in [1.54, 1.807) is 31.1 Å². The van der Waals surface area contributed by atoms with Crippen LogP contribution in [0.25, 0.3) is 0 Å². The van der Waals surface area contributed by atoms with Gasteiger partial charge < -0.3 is 15.1 Å². The first-order valence-corrected chi connectivity index (χ1v) is 9.40. The summed E-state index contributed by atoms with van der Waals surface area (Å²) in [6.07, 6.45) is 1.78. The Morgan fingerprint density at radius 1 is 1.00 bits per heavy atom. The van der Waals surface area contributed by atoms with Crippen molar-refractivity contribution in [3.8, 4) is 0 Å². The molecule has 2 aromatic carbocycles. The molecule has 0 bridgehead atoms. The molecule has 0 atom stereocenters. The highest BCUT2D eigenvalue weighted by Crippen LogP contribution is 2.21. The summed E-state index contributed by atoms with van der Waals surface area (Å²) in [4.78, 5) is 39.2. The molecule has 1 fully saturated rings. The number of carbonyl (C=O) groups excluding carboxylic acids is 3. The highest BCUT2D eigenvalue weighted by Gasteiger charge is 2.21. The summed E-state index contributed by atoms with van der Waals surface area (Å²) < 4.78 is 0. The van der Waals surface area contributed by atoms with Gasteiger partial charge in [0.05, 0.1) is 6.42 Å². The van der Waals surface area contributed by atoms with Gasteiger partial charge in [0, 0.05) is 44.9 Å². The maximum Gasteiger partial charge on any atom is 0.253 e. The van der Waals surface area contributed by atoms with Crippen LogP contribution >= 0.6 is 0 Å². The van der Waals surface area contributed by atoms with Crippen LogP contribution in [0.5, 0.6) is 0 Å². The first-order chi connectivity index (χ1) is 13.4. The number of rotatable bonds is 6. The summed E-state index contributed by atoms with van der Waals surface area (Å²) in [6.45, 7) is 1.17. The van der Waals surface area contributed by atoms with Crippen molar-refractivity contribution in [3.63, 3.8) is 0 Å². The van der Waals surface area contributed by atoms with Crippen molar-refractivity contribution in [2.45, 2.75) is 25.8 Å². The van der Waals surface area contributed by atoms with E-state index < -0.39 is 0 Å². The van der Waals surface area contributed by atoms with Gasteiger partial charge in [0.15, 0.2) is 0 Å². The quantitative estimate of drug-likeness (QED) is 0.838. The van der Waals surface area contributed by atoms with E-state index in [0.717, 1.165) is 29.8 Å². The summed E-state index contributed by atoms with van der Waals surface area (Å²) in [5.41, 5.74) is 3.35. The van der Waals surface area contributed by atoms with Crippen molar-refractivity contribution in [2.24, 2.45) is 0 Å². The molecule has 0 aromatic heterocycles. The zero-order chi connectivity index (χ0) is 20.1. The average Bonchev–Trinajstić information content (AvgIpc) is 3.12. The van der Waals surface area contributed by atoms with Crippen molar-refractivity contribution in [1.29, 1.82) is 0 Å². The molecule has 28 heavy (non-hydrogen) atoms. The number of carbonyl (C=O) groups is 3. The van der Waals surface area contributed by atoms with Crippen LogP contribution in [0.15, 0.2) is 48.5 Å². The Hall–Kier alpha value is -3.15. The average molecular weight is 379 g/mol. The summed E-state index contributed by atoms with van der Waals surface area (Å²) in [5.74, 6) is 0.0388. The minimum Gasteiger partial charge on any atom is -0.352 e. The first kappa shape index (κ1) is 19.6. The summed E-state index contributed by atoms with van der Waals surface area (Å²) in [5, 5.41) is 2.90. The largest absolute Gasteiger partial charge is 0.352 e. The van der Waals surface area contributed by atoms with Crippen molar-refractivity contribution in [3.05, 3.63) is 65.2 Å². The van der Waals surface area contributed by atoms with Gasteiger partial charge in [-0.1, -0.05) is 24.3 Å². The van der Waals surface area contributed by atoms with Gasteiger partial charge in [0.2, 0.25) is 11.8 Å². The number of nitrogens with one attached hydrogen (secondary N) is 1. The Bertz CT molecular complexity index is 858. The molecule has 1 saturated heterocycles. The van der Waals surface area contributed by atoms with E-state index in [1.165, 1.54) is 4.90 Å². The maximum atomic E-state index is 12.2. The zero-order valence-corrected chi connectivity index (χ0v) is 16.3. The molecule has 0 radical (unpaired) electrons. The van der Waals surface area contributed by atoms with E-state index >= 15 is 0 Å². The first-order valence-electron chi connectivity index (χ1n) is 9.40. The molecule has 6 nitrogen and oxygen atoms in total. The fourth-order valence-corrected chi connectivity index (χ4v) is 3.19. The lowest BCUT2D eigenvalue weighted by molar-refractivity contribution is -0.120. The minimum atomic E-state index is -0.0709. The van der Waals surface area contributed by atoms with Gasteiger partial charge in [-0.3, -0.25) is 14.4 Å². The van der Waals surface area contributed by atoms with Gasteiger partial charge >= 0.3 is 0 Å². The fraction of sp³-hybridized carbons (Fsp3) is 0.318. The molecule has 0 aliphatic carbocycles. The lowest BCUT2D eigenvalue weighted by Gasteiger charge is -2.15. The van der Waals surface area contributed by atoms with E-state index in [0.29, 0.717) is 18.5 Å². The normalized spacial score (nSPS) is 13.5. The van der Waals surface area contributed by atoms with Crippen LogP contribution in [0.2, 0.25) is 0 Å². The van der Waals surface area contributed by atoms with Crippen molar-refractivity contribution < 1.29 is 14.4 Å². The Labute approximate surface area is 165 Å². The minimum absolute atomic E-state index is 0.0466. The van der Waals surface area contributed by atoms with Gasteiger partial charge in [0.1, 0.15) is 0 Å². The predicted octanol–water partition coefficient (Wildman–Crippen LogP) is 2.37. The summed E-state index contributed by atoms with van der Waals surface area (Å²) in [6, 6.07) is 14.8. The van der Waals surface area contributed by atoms with Crippen LogP contribution in [-0.4, -0.2) is 43.3 Å². The Kier molecular flexibility index (Phi) is 6.09. The SMILES string of the molecule is CN(C)C(=O)c1ccc(CNC(=O)Cc2ccc(N3CCCC3=O)cc2)cc1. The van der Waals surface area contributed by atoms with Crippen LogP contribution in [0.1, 0.15) is 34.3 Å². The molecule has 1 aliphatic rings. The van der Waals surface area contributed by atoms with Gasteiger partial charge in [0.25, 0.3) is 5.91 Å². The molecule has 1 heterocycles. The number of amides is 3. The lowest BCUT2D eigenvalue weighted by Crippen LogP contribution is -2.25. The standard InChI is InChI=1S/C22H25N3O3/c1-24(2)22(28)18-9-5-17(6-10-18)15-23-20(26)14-16-7-11-19(12-8-16)25-13-3-4-21(25)27/h5-12H,3-4,13-15H2,1-2H3,(H,23,26). The molecule has 6 heteroatoms. The van der Waals surface area contributed by atoms with Gasteiger partial charge in [-0.2, -0.15) is 0 Å². The van der Waals surface area contributed by atoms with Gasteiger partial charge in [-0.25, -0.2) is 0 Å². The third-order valence-electron chi connectivity index (χ3n) is 4.78. The molecule has 3 amide bonds. The summed E-state index contributed by atoms with van der Waals surface area (Å²) in [7, 11) is 3.43. The van der Waals surface area contributed by atoms with E-state index in [2.05, 4.69) is 5.32 Å². The molecule has 0 saturated carbocycles. The zero-order valence-electron chi connectivity index (χ0n) is 16.3. The monoisotopic (exact) mass is 379 g/mol. The Morgan fingerprint density at radius 3 is 2.21 bits per heavy atom. The molecule has 0 spiro atoms. The Balaban J connectivity index is 1.50. The second-order valence-corrected chi connectivity index (χ2v) is 7.17. The molecular weight excluding hydrogens is 354 g/mol. The molecule has 0 unspecified atom stereocenters. The van der Waals surface area contributed by atoms with Crippen LogP contribution in [-0.2, 0) is 22.6 Å². The van der Waals surface area contributed by atoms with E-state index in [1.807, 2.05) is 36.4 Å². The van der Waals surface area contributed by atoms with Crippen LogP contribution in [0, 0.1) is 0 Å². The van der Waals surface area contributed by atoms with Crippen molar-refractivity contribution >= 4 is 23.4 Å². The predicted molar refractivity (Wildman–Crippen MR) is 108 cm³/mol. The van der Waals surface area contributed by atoms with Crippen LogP contribution in [0.3, 0.4) is 0 Å². The molecule has 3 rings (SSSR count). The number of hydrogen-bond acceptors (Lipinski definition) is 3. The topological polar surface area (TPSA) is 69.7 Å². The van der Waals surface area contributed by atoms with Gasteiger partial charge in [-0.15, -0.1) is 0 Å². The van der Waals surface area contributed by atoms with Crippen molar-refractivity contribution in [1.82, 2.24) is 10.2 Å². The van der Waals surface area contributed by atoms with Crippen LogP contribution < -0.4 is 10.2 Å². The second-order valence-electron chi connectivity index (χ2n) is 7.17. The van der Waals surface area contributed by atoms with Gasteiger partial charge in [-0.05, 0) is 41.8 Å². The maximum absolute atomic E-state index is 12.2. The lowest BCUT2D eigenvalue weighted by atomic mass is 10.1. The third kappa shape index (κ3) is 4.76.